The highest BCUT2D eigenvalue weighted by atomic mass is 15.1. The third kappa shape index (κ3) is 6.94. The topological polar surface area (TPSA) is 3.24 Å². The maximum atomic E-state index is 2.59. The minimum Gasteiger partial charge on any atom is -0.303 e. The minimum atomic E-state index is 0.897. The van der Waals surface area contributed by atoms with Gasteiger partial charge in [-0.25, -0.2) is 0 Å². The molecule has 0 aromatic heterocycles. The zero-order valence-corrected chi connectivity index (χ0v) is 11.4. The molecule has 1 heteroatoms. The summed E-state index contributed by atoms with van der Waals surface area (Å²) in [6.07, 6.45) is 11.4. The van der Waals surface area contributed by atoms with Crippen molar-refractivity contribution >= 4 is 0 Å². The Bertz CT molecular complexity index is 115. The van der Waals surface area contributed by atoms with E-state index in [-0.39, 0.29) is 0 Å². The van der Waals surface area contributed by atoms with Gasteiger partial charge in [-0.2, -0.15) is 0 Å². The van der Waals surface area contributed by atoms with Crippen molar-refractivity contribution in [3.05, 3.63) is 0 Å². The zero-order valence-electron chi connectivity index (χ0n) is 11.4. The average Bonchev–Trinajstić information content (AvgIpc) is 2.57. The minimum absolute atomic E-state index is 0.897. The summed E-state index contributed by atoms with van der Waals surface area (Å²) < 4.78 is 0. The molecule has 0 aliphatic heterocycles. The highest BCUT2D eigenvalue weighted by Crippen LogP contribution is 2.21. The van der Waals surface area contributed by atoms with Gasteiger partial charge in [0.25, 0.3) is 0 Å². The second-order valence-corrected chi connectivity index (χ2v) is 4.48. The van der Waals surface area contributed by atoms with Crippen molar-refractivity contribution in [2.75, 3.05) is 13.6 Å². The first-order valence-corrected chi connectivity index (χ1v) is 7.05. The summed E-state index contributed by atoms with van der Waals surface area (Å²) in [5.41, 5.74) is 0. The molecule has 0 atom stereocenters. The van der Waals surface area contributed by atoms with Crippen LogP contribution in [0.3, 0.4) is 0 Å². The first-order chi connectivity index (χ1) is 7.34. The van der Waals surface area contributed by atoms with Crippen molar-refractivity contribution in [2.45, 2.75) is 78.2 Å². The highest BCUT2D eigenvalue weighted by molar-refractivity contribution is 4.71. The van der Waals surface area contributed by atoms with E-state index in [9.17, 15) is 0 Å². The molecular formula is C14H31N. The van der Waals surface area contributed by atoms with Gasteiger partial charge in [-0.1, -0.05) is 52.9 Å². The van der Waals surface area contributed by atoms with Gasteiger partial charge in [-0.3, -0.25) is 0 Å². The van der Waals surface area contributed by atoms with E-state index in [4.69, 9.17) is 0 Å². The van der Waals surface area contributed by atoms with Crippen LogP contribution in [0.2, 0.25) is 0 Å². The number of nitrogens with zero attached hydrogens (tertiary/aromatic N) is 1. The van der Waals surface area contributed by atoms with E-state index in [1.807, 2.05) is 13.8 Å². The first-order valence-electron chi connectivity index (χ1n) is 7.05. The molecule has 0 N–H and O–H groups in total. The number of rotatable bonds is 4. The van der Waals surface area contributed by atoms with Crippen molar-refractivity contribution in [2.24, 2.45) is 0 Å². The van der Waals surface area contributed by atoms with E-state index in [1.165, 1.54) is 57.9 Å². The van der Waals surface area contributed by atoms with Crippen LogP contribution in [0.5, 0.6) is 0 Å². The Morgan fingerprint density at radius 3 is 2.00 bits per heavy atom. The van der Waals surface area contributed by atoms with Crippen molar-refractivity contribution in [1.82, 2.24) is 4.90 Å². The maximum Gasteiger partial charge on any atom is 0.00922 e. The molecule has 1 rings (SSSR count). The Morgan fingerprint density at radius 1 is 1.00 bits per heavy atom. The summed E-state index contributed by atoms with van der Waals surface area (Å²) in [7, 11) is 2.31. The van der Waals surface area contributed by atoms with Gasteiger partial charge in [0.15, 0.2) is 0 Å². The summed E-state index contributed by atoms with van der Waals surface area (Å²) in [5, 5.41) is 0. The molecule has 15 heavy (non-hydrogen) atoms. The SMILES string of the molecule is CC.CCCCN(C)C1CCCCCC1. The van der Waals surface area contributed by atoms with E-state index < -0.39 is 0 Å². The maximum absolute atomic E-state index is 2.59. The lowest BCUT2D eigenvalue weighted by Crippen LogP contribution is -2.31. The largest absolute Gasteiger partial charge is 0.303 e. The predicted octanol–water partition coefficient (Wildman–Crippen LogP) is 4.47. The number of hydrogen-bond donors (Lipinski definition) is 0. The molecule has 1 saturated carbocycles. The average molecular weight is 213 g/mol. The van der Waals surface area contributed by atoms with Gasteiger partial charge in [0, 0.05) is 6.04 Å². The van der Waals surface area contributed by atoms with Crippen LogP contribution in [0.1, 0.15) is 72.1 Å². The van der Waals surface area contributed by atoms with E-state index in [0.29, 0.717) is 0 Å². The fraction of sp³-hybridized carbons (Fsp3) is 1.00. The Hall–Kier alpha value is -0.0400. The fourth-order valence-electron chi connectivity index (χ4n) is 2.29. The molecule has 1 aliphatic rings. The Balaban J connectivity index is 0.000000921. The van der Waals surface area contributed by atoms with Gasteiger partial charge in [-0.05, 0) is 32.9 Å². The molecule has 0 amide bonds. The highest BCUT2D eigenvalue weighted by Gasteiger charge is 2.15. The van der Waals surface area contributed by atoms with Crippen LogP contribution in [0.4, 0.5) is 0 Å². The second-order valence-electron chi connectivity index (χ2n) is 4.48. The second kappa shape index (κ2) is 10.5. The van der Waals surface area contributed by atoms with Crippen LogP contribution in [0.15, 0.2) is 0 Å². The molecule has 1 fully saturated rings. The Kier molecular flexibility index (Phi) is 10.4. The van der Waals surface area contributed by atoms with Crippen LogP contribution in [0.25, 0.3) is 0 Å². The molecule has 0 radical (unpaired) electrons. The molecule has 0 saturated heterocycles. The summed E-state index contributed by atoms with van der Waals surface area (Å²) in [6.45, 7) is 7.59. The third-order valence-electron chi connectivity index (χ3n) is 3.31. The van der Waals surface area contributed by atoms with Crippen LogP contribution < -0.4 is 0 Å². The first kappa shape index (κ1) is 15.0. The van der Waals surface area contributed by atoms with Crippen LogP contribution in [-0.4, -0.2) is 24.5 Å². The smallest absolute Gasteiger partial charge is 0.00922 e. The fourth-order valence-corrected chi connectivity index (χ4v) is 2.29. The van der Waals surface area contributed by atoms with Crippen LogP contribution in [-0.2, 0) is 0 Å². The van der Waals surface area contributed by atoms with Crippen molar-refractivity contribution < 1.29 is 0 Å². The molecule has 0 spiro atoms. The van der Waals surface area contributed by atoms with Crippen molar-refractivity contribution in [3.8, 4) is 0 Å². The molecule has 1 aliphatic carbocycles. The molecular weight excluding hydrogens is 182 g/mol. The van der Waals surface area contributed by atoms with Gasteiger partial charge in [0.1, 0.15) is 0 Å². The molecule has 1 nitrogen and oxygen atoms in total. The molecule has 0 bridgehead atoms. The standard InChI is InChI=1S/C12H25N.C2H6/c1-3-4-11-13(2)12-9-7-5-6-8-10-12;1-2/h12H,3-11H2,1-2H3;1-2H3. The summed E-state index contributed by atoms with van der Waals surface area (Å²) in [5.74, 6) is 0. The third-order valence-corrected chi connectivity index (χ3v) is 3.31. The van der Waals surface area contributed by atoms with E-state index in [2.05, 4.69) is 18.9 Å². The summed E-state index contributed by atoms with van der Waals surface area (Å²) in [6, 6.07) is 0.897. The zero-order chi connectivity index (χ0) is 11.5. The Morgan fingerprint density at radius 2 is 1.53 bits per heavy atom. The number of hydrogen-bond acceptors (Lipinski definition) is 1. The quantitative estimate of drug-likeness (QED) is 0.623. The van der Waals surface area contributed by atoms with E-state index in [0.717, 1.165) is 6.04 Å². The molecule has 0 unspecified atom stereocenters. The van der Waals surface area contributed by atoms with Crippen molar-refractivity contribution in [3.63, 3.8) is 0 Å². The van der Waals surface area contributed by atoms with Gasteiger partial charge >= 0.3 is 0 Å². The molecule has 92 valence electrons. The van der Waals surface area contributed by atoms with E-state index in [1.54, 1.807) is 0 Å². The van der Waals surface area contributed by atoms with E-state index >= 15 is 0 Å². The van der Waals surface area contributed by atoms with Crippen LogP contribution >= 0.6 is 0 Å². The summed E-state index contributed by atoms with van der Waals surface area (Å²) >= 11 is 0. The predicted molar refractivity (Wildman–Crippen MR) is 70.4 cm³/mol. The Labute approximate surface area is 97.2 Å². The molecule has 0 heterocycles. The lowest BCUT2D eigenvalue weighted by Gasteiger charge is -2.26. The van der Waals surface area contributed by atoms with Crippen molar-refractivity contribution in [1.29, 1.82) is 0 Å². The van der Waals surface area contributed by atoms with Gasteiger partial charge in [0.05, 0.1) is 0 Å². The number of unbranched alkanes of at least 4 members (excludes halogenated alkanes) is 1. The summed E-state index contributed by atoms with van der Waals surface area (Å²) in [4.78, 5) is 2.59. The molecule has 0 aromatic carbocycles. The van der Waals surface area contributed by atoms with Gasteiger partial charge in [0.2, 0.25) is 0 Å². The van der Waals surface area contributed by atoms with Gasteiger partial charge in [-0.15, -0.1) is 0 Å². The normalized spacial score (nSPS) is 18.2. The van der Waals surface area contributed by atoms with Gasteiger partial charge < -0.3 is 4.90 Å². The molecule has 0 aromatic rings. The lowest BCUT2D eigenvalue weighted by atomic mass is 10.1. The monoisotopic (exact) mass is 213 g/mol. The lowest BCUT2D eigenvalue weighted by molar-refractivity contribution is 0.218. The van der Waals surface area contributed by atoms with Crippen LogP contribution in [0, 0.1) is 0 Å².